The van der Waals surface area contributed by atoms with Crippen LogP contribution in [-0.4, -0.2) is 6.61 Å². The number of hydrogen-bond donors (Lipinski definition) is 1. The van der Waals surface area contributed by atoms with Crippen molar-refractivity contribution in [2.45, 2.75) is 58.8 Å². The summed E-state index contributed by atoms with van der Waals surface area (Å²) in [5.41, 5.74) is 3.31. The Morgan fingerprint density at radius 1 is 1.15 bits per heavy atom. The highest BCUT2D eigenvalue weighted by Gasteiger charge is 2.30. The van der Waals surface area contributed by atoms with Gasteiger partial charge in [0.1, 0.15) is 0 Å². The van der Waals surface area contributed by atoms with Crippen LogP contribution in [0.2, 0.25) is 0 Å². The fourth-order valence-corrected chi connectivity index (χ4v) is 3.47. The lowest BCUT2D eigenvalue weighted by atomic mass is 9.68. The first-order valence-corrected chi connectivity index (χ1v) is 7.91. The molecule has 0 saturated heterocycles. The lowest BCUT2D eigenvalue weighted by Crippen LogP contribution is -2.25. The molecule has 1 aromatic carbocycles. The van der Waals surface area contributed by atoms with Gasteiger partial charge in [-0.3, -0.25) is 0 Å². The van der Waals surface area contributed by atoms with Crippen molar-refractivity contribution in [1.82, 2.24) is 0 Å². The molecule has 1 aromatic rings. The van der Waals surface area contributed by atoms with E-state index in [4.69, 9.17) is 5.90 Å². The number of nitrogens with two attached hydrogens (primary N) is 1. The van der Waals surface area contributed by atoms with E-state index in [2.05, 4.69) is 49.9 Å². The Bertz CT molecular complexity index is 414. The molecule has 112 valence electrons. The van der Waals surface area contributed by atoms with Gasteiger partial charge in [-0.05, 0) is 60.5 Å². The molecule has 0 spiro atoms. The quantitative estimate of drug-likeness (QED) is 0.824. The summed E-state index contributed by atoms with van der Waals surface area (Å²) in [5, 5.41) is 0. The lowest BCUT2D eigenvalue weighted by molar-refractivity contribution is 0.141. The predicted octanol–water partition coefficient (Wildman–Crippen LogP) is 4.44. The van der Waals surface area contributed by atoms with Crippen molar-refractivity contribution in [2.75, 3.05) is 6.61 Å². The van der Waals surface area contributed by atoms with E-state index in [1.807, 2.05) is 0 Å². The Morgan fingerprint density at radius 2 is 1.85 bits per heavy atom. The molecule has 0 unspecified atom stereocenters. The van der Waals surface area contributed by atoms with E-state index in [9.17, 15) is 0 Å². The van der Waals surface area contributed by atoms with Gasteiger partial charge in [-0.2, -0.15) is 0 Å². The zero-order valence-electron chi connectivity index (χ0n) is 13.2. The standard InChI is InChI=1S/C18H29NO/c1-18(2,3)17-9-7-15(8-10-17)16-6-4-5-14(13-16)11-12-20-19/h4-6,13,15,17H,7-12,19H2,1-3H3. The van der Waals surface area contributed by atoms with Gasteiger partial charge in [0.15, 0.2) is 0 Å². The minimum atomic E-state index is 0.464. The smallest absolute Gasteiger partial charge is 0.0719 e. The van der Waals surface area contributed by atoms with E-state index in [0.29, 0.717) is 12.0 Å². The Balaban J connectivity index is 1.96. The highest BCUT2D eigenvalue weighted by atomic mass is 16.6. The SMILES string of the molecule is CC(C)(C)C1CCC(c2cccc(CCON)c2)CC1. The molecule has 1 fully saturated rings. The molecule has 1 aliphatic rings. The lowest BCUT2D eigenvalue weighted by Gasteiger charge is -2.37. The van der Waals surface area contributed by atoms with Crippen LogP contribution in [-0.2, 0) is 11.3 Å². The van der Waals surface area contributed by atoms with Crippen LogP contribution in [0, 0.1) is 11.3 Å². The van der Waals surface area contributed by atoms with Crippen molar-refractivity contribution in [3.63, 3.8) is 0 Å². The highest BCUT2D eigenvalue weighted by Crippen LogP contribution is 2.43. The average Bonchev–Trinajstić information content (AvgIpc) is 2.45. The molecule has 0 amide bonds. The van der Waals surface area contributed by atoms with E-state index in [0.717, 1.165) is 18.3 Å². The Hall–Kier alpha value is -0.860. The summed E-state index contributed by atoms with van der Waals surface area (Å²) in [7, 11) is 0. The number of rotatable bonds is 4. The second-order valence-corrected chi connectivity index (χ2v) is 7.28. The molecule has 0 heterocycles. The minimum Gasteiger partial charge on any atom is -0.304 e. The Labute approximate surface area is 123 Å². The van der Waals surface area contributed by atoms with E-state index in [-0.39, 0.29) is 0 Å². The van der Waals surface area contributed by atoms with Crippen molar-refractivity contribution in [1.29, 1.82) is 0 Å². The van der Waals surface area contributed by atoms with Crippen LogP contribution >= 0.6 is 0 Å². The zero-order valence-corrected chi connectivity index (χ0v) is 13.2. The van der Waals surface area contributed by atoms with E-state index >= 15 is 0 Å². The summed E-state index contributed by atoms with van der Waals surface area (Å²) in [6.07, 6.45) is 6.30. The van der Waals surface area contributed by atoms with Gasteiger partial charge in [-0.25, -0.2) is 5.90 Å². The van der Waals surface area contributed by atoms with E-state index in [1.165, 1.54) is 36.8 Å². The topological polar surface area (TPSA) is 35.2 Å². The first-order valence-electron chi connectivity index (χ1n) is 7.91. The third kappa shape index (κ3) is 4.07. The number of hydrogen-bond acceptors (Lipinski definition) is 2. The summed E-state index contributed by atoms with van der Waals surface area (Å²) in [4.78, 5) is 4.68. The van der Waals surface area contributed by atoms with Crippen LogP contribution < -0.4 is 5.90 Å². The fourth-order valence-electron chi connectivity index (χ4n) is 3.47. The van der Waals surface area contributed by atoms with Crippen molar-refractivity contribution in [3.05, 3.63) is 35.4 Å². The molecule has 0 bridgehead atoms. The summed E-state index contributed by atoms with van der Waals surface area (Å²) in [5.74, 6) is 6.74. The van der Waals surface area contributed by atoms with Crippen molar-refractivity contribution in [2.24, 2.45) is 17.2 Å². The van der Waals surface area contributed by atoms with Crippen LogP contribution in [0.5, 0.6) is 0 Å². The molecule has 0 atom stereocenters. The van der Waals surface area contributed by atoms with Gasteiger partial charge in [0, 0.05) is 0 Å². The van der Waals surface area contributed by atoms with Gasteiger partial charge in [0.2, 0.25) is 0 Å². The van der Waals surface area contributed by atoms with Crippen LogP contribution in [0.15, 0.2) is 24.3 Å². The van der Waals surface area contributed by atoms with Gasteiger partial charge >= 0.3 is 0 Å². The first kappa shape index (κ1) is 15.5. The van der Waals surface area contributed by atoms with E-state index < -0.39 is 0 Å². The monoisotopic (exact) mass is 275 g/mol. The highest BCUT2D eigenvalue weighted by molar-refractivity contribution is 5.27. The zero-order chi connectivity index (χ0) is 14.6. The van der Waals surface area contributed by atoms with Gasteiger partial charge in [0.25, 0.3) is 0 Å². The van der Waals surface area contributed by atoms with Gasteiger partial charge in [0.05, 0.1) is 6.61 Å². The van der Waals surface area contributed by atoms with Crippen molar-refractivity contribution < 1.29 is 4.84 Å². The second-order valence-electron chi connectivity index (χ2n) is 7.28. The molecular weight excluding hydrogens is 246 g/mol. The first-order chi connectivity index (χ1) is 9.50. The summed E-state index contributed by atoms with van der Waals surface area (Å²) in [6.45, 7) is 7.74. The van der Waals surface area contributed by atoms with Crippen LogP contribution in [0.1, 0.15) is 63.5 Å². The van der Waals surface area contributed by atoms with Crippen molar-refractivity contribution >= 4 is 0 Å². The molecule has 0 aromatic heterocycles. The van der Waals surface area contributed by atoms with Crippen molar-refractivity contribution in [3.8, 4) is 0 Å². The molecule has 20 heavy (non-hydrogen) atoms. The molecular formula is C18H29NO. The summed E-state index contributed by atoms with van der Waals surface area (Å²) >= 11 is 0. The summed E-state index contributed by atoms with van der Waals surface area (Å²) in [6, 6.07) is 8.98. The van der Waals surface area contributed by atoms with Gasteiger partial charge < -0.3 is 4.84 Å². The molecule has 2 heteroatoms. The summed E-state index contributed by atoms with van der Waals surface area (Å²) < 4.78 is 0. The molecule has 2 N–H and O–H groups in total. The maximum Gasteiger partial charge on any atom is 0.0719 e. The normalized spacial score (nSPS) is 23.8. The molecule has 0 radical (unpaired) electrons. The largest absolute Gasteiger partial charge is 0.304 e. The van der Waals surface area contributed by atoms with Gasteiger partial charge in [-0.15, -0.1) is 0 Å². The third-order valence-electron chi connectivity index (χ3n) is 4.88. The maximum absolute atomic E-state index is 5.11. The third-order valence-corrected chi connectivity index (χ3v) is 4.88. The van der Waals surface area contributed by atoms with Crippen LogP contribution in [0.25, 0.3) is 0 Å². The maximum atomic E-state index is 5.11. The molecule has 2 nitrogen and oxygen atoms in total. The second kappa shape index (κ2) is 6.73. The molecule has 1 aliphatic carbocycles. The molecule has 0 aliphatic heterocycles. The van der Waals surface area contributed by atoms with Gasteiger partial charge in [-0.1, -0.05) is 45.0 Å². The Morgan fingerprint density at radius 3 is 2.45 bits per heavy atom. The fraction of sp³-hybridized carbons (Fsp3) is 0.667. The predicted molar refractivity (Wildman–Crippen MR) is 84.4 cm³/mol. The van der Waals surface area contributed by atoms with Crippen LogP contribution in [0.3, 0.4) is 0 Å². The van der Waals surface area contributed by atoms with Crippen LogP contribution in [0.4, 0.5) is 0 Å². The molecule has 2 rings (SSSR count). The minimum absolute atomic E-state index is 0.464. The number of benzene rings is 1. The molecule has 1 saturated carbocycles. The van der Waals surface area contributed by atoms with E-state index in [1.54, 1.807) is 0 Å². The average molecular weight is 275 g/mol. The Kier molecular flexibility index (Phi) is 5.22.